The summed E-state index contributed by atoms with van der Waals surface area (Å²) in [6.45, 7) is 3.75. The molecule has 0 aromatic heterocycles. The van der Waals surface area contributed by atoms with Gasteiger partial charge in [-0.15, -0.1) is 0 Å². The normalized spacial score (nSPS) is 10.3. The molecular weight excluding hydrogens is 334 g/mol. The van der Waals surface area contributed by atoms with Crippen LogP contribution in [0.3, 0.4) is 0 Å². The Bertz CT molecular complexity index is 768. The van der Waals surface area contributed by atoms with Gasteiger partial charge in [-0.2, -0.15) is 0 Å². The van der Waals surface area contributed by atoms with Crippen molar-refractivity contribution >= 4 is 17.6 Å². The minimum atomic E-state index is -0.548. The Morgan fingerprint density at radius 2 is 1.69 bits per heavy atom. The number of amides is 1. The van der Waals surface area contributed by atoms with E-state index in [1.54, 1.807) is 30.3 Å². The highest BCUT2D eigenvalue weighted by atomic mass is 16.5. The summed E-state index contributed by atoms with van der Waals surface area (Å²) < 4.78 is 15.4. The van der Waals surface area contributed by atoms with Crippen molar-refractivity contribution in [1.29, 1.82) is 0 Å². The molecule has 0 aliphatic rings. The highest BCUT2D eigenvalue weighted by Gasteiger charge is 2.13. The molecule has 0 radical (unpaired) electrons. The number of ether oxygens (including phenoxy) is 3. The summed E-state index contributed by atoms with van der Waals surface area (Å²) >= 11 is 0. The average molecular weight is 357 g/mol. The Morgan fingerprint density at radius 1 is 1.00 bits per heavy atom. The van der Waals surface area contributed by atoms with Crippen LogP contribution in [0, 0.1) is 0 Å². The van der Waals surface area contributed by atoms with Gasteiger partial charge in [0.1, 0.15) is 11.5 Å². The summed E-state index contributed by atoms with van der Waals surface area (Å²) in [5.74, 6) is 0.415. The molecule has 0 saturated heterocycles. The quantitative estimate of drug-likeness (QED) is 0.766. The van der Waals surface area contributed by atoms with E-state index >= 15 is 0 Å². The number of carbonyl (C=O) groups is 2. The fourth-order valence-corrected chi connectivity index (χ4v) is 2.32. The Labute approximate surface area is 153 Å². The first-order chi connectivity index (χ1) is 12.4. The van der Waals surface area contributed by atoms with Crippen LogP contribution in [0.1, 0.15) is 35.7 Å². The van der Waals surface area contributed by atoms with Gasteiger partial charge < -0.3 is 19.5 Å². The lowest BCUT2D eigenvalue weighted by molar-refractivity contribution is -0.119. The minimum absolute atomic E-state index is 0.378. The van der Waals surface area contributed by atoms with Crippen LogP contribution in [-0.2, 0) is 9.53 Å². The molecule has 0 bridgehead atoms. The summed E-state index contributed by atoms with van der Waals surface area (Å²) in [7, 11) is 3.03. The summed E-state index contributed by atoms with van der Waals surface area (Å²) in [5, 5.41) is 2.65. The number of carbonyl (C=O) groups excluding carboxylic acids is 2. The van der Waals surface area contributed by atoms with Crippen LogP contribution in [0.25, 0.3) is 0 Å². The second kappa shape index (κ2) is 8.89. The minimum Gasteiger partial charge on any atom is -0.497 e. The fraction of sp³-hybridized carbons (Fsp3) is 0.300. The smallest absolute Gasteiger partial charge is 0.338 e. The number of methoxy groups -OCH3 is 2. The van der Waals surface area contributed by atoms with E-state index in [2.05, 4.69) is 19.2 Å². The molecule has 0 saturated carbocycles. The molecule has 0 aliphatic carbocycles. The standard InChI is InChI=1S/C20H23NO5/c1-13(2)14-5-7-15(8-6-14)20(23)26-12-19(22)21-17-11-16(24-3)9-10-18(17)25-4/h5-11,13H,12H2,1-4H3,(H,21,22). The van der Waals surface area contributed by atoms with Crippen molar-refractivity contribution in [3.63, 3.8) is 0 Å². The topological polar surface area (TPSA) is 73.9 Å². The SMILES string of the molecule is COc1ccc(OC)c(NC(=O)COC(=O)c2ccc(C(C)C)cc2)c1. The van der Waals surface area contributed by atoms with Crippen molar-refractivity contribution < 1.29 is 23.8 Å². The Hall–Kier alpha value is -3.02. The van der Waals surface area contributed by atoms with Crippen LogP contribution < -0.4 is 14.8 Å². The van der Waals surface area contributed by atoms with Crippen molar-refractivity contribution in [2.45, 2.75) is 19.8 Å². The molecule has 0 spiro atoms. The van der Waals surface area contributed by atoms with Gasteiger partial charge in [-0.25, -0.2) is 4.79 Å². The van der Waals surface area contributed by atoms with Crippen LogP contribution >= 0.6 is 0 Å². The number of nitrogens with one attached hydrogen (secondary N) is 1. The summed E-state index contributed by atoms with van der Waals surface area (Å²) in [6.07, 6.45) is 0. The average Bonchev–Trinajstić information content (AvgIpc) is 2.66. The molecule has 2 aromatic carbocycles. The largest absolute Gasteiger partial charge is 0.497 e. The van der Waals surface area contributed by atoms with E-state index in [0.717, 1.165) is 5.56 Å². The van der Waals surface area contributed by atoms with Crippen LogP contribution in [-0.4, -0.2) is 32.7 Å². The molecule has 6 heteroatoms. The molecule has 0 unspecified atom stereocenters. The van der Waals surface area contributed by atoms with Gasteiger partial charge in [0.25, 0.3) is 5.91 Å². The first kappa shape index (κ1) is 19.3. The maximum atomic E-state index is 12.1. The number of rotatable bonds is 7. The molecule has 1 amide bonds. The third-order valence-corrected chi connectivity index (χ3v) is 3.83. The lowest BCUT2D eigenvalue weighted by Crippen LogP contribution is -2.21. The van der Waals surface area contributed by atoms with Crippen LogP contribution in [0.5, 0.6) is 11.5 Å². The predicted octanol–water partition coefficient (Wildman–Crippen LogP) is 3.62. The van der Waals surface area contributed by atoms with Crippen molar-refractivity contribution in [3.8, 4) is 11.5 Å². The van der Waals surface area contributed by atoms with Gasteiger partial charge in [0.2, 0.25) is 0 Å². The van der Waals surface area contributed by atoms with E-state index in [0.29, 0.717) is 28.7 Å². The van der Waals surface area contributed by atoms with Crippen molar-refractivity contribution in [3.05, 3.63) is 53.6 Å². The predicted molar refractivity (Wildman–Crippen MR) is 99.0 cm³/mol. The summed E-state index contributed by atoms with van der Waals surface area (Å²) in [5.41, 5.74) is 1.97. The zero-order valence-corrected chi connectivity index (χ0v) is 15.4. The van der Waals surface area contributed by atoms with Crippen LogP contribution in [0.2, 0.25) is 0 Å². The number of benzene rings is 2. The maximum absolute atomic E-state index is 12.1. The molecule has 2 aromatic rings. The van der Waals surface area contributed by atoms with E-state index < -0.39 is 18.5 Å². The van der Waals surface area contributed by atoms with E-state index in [-0.39, 0.29) is 0 Å². The van der Waals surface area contributed by atoms with Gasteiger partial charge in [0.15, 0.2) is 6.61 Å². The first-order valence-corrected chi connectivity index (χ1v) is 8.23. The third kappa shape index (κ3) is 4.99. The van der Waals surface area contributed by atoms with Gasteiger partial charge in [-0.1, -0.05) is 26.0 Å². The highest BCUT2D eigenvalue weighted by molar-refractivity contribution is 5.96. The summed E-state index contributed by atoms with van der Waals surface area (Å²) in [6, 6.07) is 12.2. The molecule has 0 fully saturated rings. The third-order valence-electron chi connectivity index (χ3n) is 3.83. The van der Waals surface area contributed by atoms with E-state index in [1.807, 2.05) is 12.1 Å². The zero-order chi connectivity index (χ0) is 19.1. The number of anilines is 1. The van der Waals surface area contributed by atoms with Crippen molar-refractivity contribution in [2.75, 3.05) is 26.1 Å². The van der Waals surface area contributed by atoms with E-state index in [4.69, 9.17) is 14.2 Å². The second-order valence-corrected chi connectivity index (χ2v) is 5.97. The van der Waals surface area contributed by atoms with Gasteiger partial charge in [-0.05, 0) is 35.7 Å². The number of hydrogen-bond donors (Lipinski definition) is 1. The fourth-order valence-electron chi connectivity index (χ4n) is 2.32. The number of esters is 1. The molecule has 26 heavy (non-hydrogen) atoms. The van der Waals surface area contributed by atoms with Crippen LogP contribution in [0.15, 0.2) is 42.5 Å². The number of hydrogen-bond acceptors (Lipinski definition) is 5. The molecule has 6 nitrogen and oxygen atoms in total. The van der Waals surface area contributed by atoms with Gasteiger partial charge in [0, 0.05) is 6.07 Å². The zero-order valence-electron chi connectivity index (χ0n) is 15.4. The molecule has 138 valence electrons. The molecule has 0 heterocycles. The molecule has 2 rings (SSSR count). The Kier molecular flexibility index (Phi) is 6.60. The Balaban J connectivity index is 1.95. The maximum Gasteiger partial charge on any atom is 0.338 e. The molecule has 1 N–H and O–H groups in total. The van der Waals surface area contributed by atoms with Crippen molar-refractivity contribution in [2.24, 2.45) is 0 Å². The molecule has 0 atom stereocenters. The summed E-state index contributed by atoms with van der Waals surface area (Å²) in [4.78, 5) is 24.1. The van der Waals surface area contributed by atoms with E-state index in [9.17, 15) is 9.59 Å². The second-order valence-electron chi connectivity index (χ2n) is 5.97. The highest BCUT2D eigenvalue weighted by Crippen LogP contribution is 2.28. The Morgan fingerprint density at radius 3 is 2.27 bits per heavy atom. The van der Waals surface area contributed by atoms with Gasteiger partial charge in [0.05, 0.1) is 25.5 Å². The first-order valence-electron chi connectivity index (χ1n) is 8.23. The lowest BCUT2D eigenvalue weighted by atomic mass is 10.0. The van der Waals surface area contributed by atoms with Gasteiger partial charge >= 0.3 is 5.97 Å². The van der Waals surface area contributed by atoms with Crippen molar-refractivity contribution in [1.82, 2.24) is 0 Å². The lowest BCUT2D eigenvalue weighted by Gasteiger charge is -2.12. The van der Waals surface area contributed by atoms with Gasteiger partial charge in [-0.3, -0.25) is 4.79 Å². The monoisotopic (exact) mass is 357 g/mol. The molecular formula is C20H23NO5. The van der Waals surface area contributed by atoms with E-state index in [1.165, 1.54) is 14.2 Å². The van der Waals surface area contributed by atoms with Crippen LogP contribution in [0.4, 0.5) is 5.69 Å². The molecule has 0 aliphatic heterocycles.